The van der Waals surface area contributed by atoms with Crippen molar-refractivity contribution < 1.29 is 38.1 Å². The first-order valence-electron chi connectivity index (χ1n) is 21.4. The SMILES string of the molecule is CC(C)(CCCC(Br)c1ccccc1)C(=O)OCCCCCCOC(=O)CC(=O)OCCCCCCOC(=O)C(C)(C)CC(CC(Br)c1ccccc1)c1ccccc1. The molecule has 3 aromatic carbocycles. The molecule has 10 heteroatoms. The summed E-state index contributed by atoms with van der Waals surface area (Å²) < 4.78 is 21.7. The van der Waals surface area contributed by atoms with Gasteiger partial charge >= 0.3 is 23.9 Å². The van der Waals surface area contributed by atoms with E-state index in [2.05, 4.69) is 68.3 Å². The highest BCUT2D eigenvalue weighted by atomic mass is 79.9. The van der Waals surface area contributed by atoms with E-state index in [1.54, 1.807) is 0 Å². The van der Waals surface area contributed by atoms with Gasteiger partial charge in [-0.2, -0.15) is 0 Å². The molecule has 3 unspecified atom stereocenters. The fourth-order valence-corrected chi connectivity index (χ4v) is 8.28. The van der Waals surface area contributed by atoms with Crippen molar-refractivity contribution in [2.45, 2.75) is 133 Å². The minimum Gasteiger partial charge on any atom is -0.465 e. The summed E-state index contributed by atoms with van der Waals surface area (Å²) in [7, 11) is 0. The van der Waals surface area contributed by atoms with E-state index in [1.807, 2.05) is 82.3 Å². The van der Waals surface area contributed by atoms with E-state index in [4.69, 9.17) is 18.9 Å². The van der Waals surface area contributed by atoms with Gasteiger partial charge in [-0.15, -0.1) is 0 Å². The zero-order valence-electron chi connectivity index (χ0n) is 35.6. The molecule has 0 saturated heterocycles. The first-order valence-corrected chi connectivity index (χ1v) is 23.2. The summed E-state index contributed by atoms with van der Waals surface area (Å²) in [6, 6.07) is 31.0. The smallest absolute Gasteiger partial charge is 0.317 e. The molecule has 0 heterocycles. The standard InChI is InChI=1S/C49H66Br2O8/c1-48(2,30-22-29-42(50)39-25-14-10-15-26-39)46(54)58-33-20-7-5-18-31-56-44(52)36-45(53)57-32-19-6-8-21-34-59-47(55)49(3,4)37-41(38-23-12-9-13-24-38)35-43(51)40-27-16-11-17-28-40/h9-17,23-28,41-43H,5-8,18-22,29-37H2,1-4H3. The monoisotopic (exact) mass is 940 g/mol. The molecule has 0 bridgehead atoms. The van der Waals surface area contributed by atoms with Gasteiger partial charge in [0.05, 0.1) is 37.3 Å². The summed E-state index contributed by atoms with van der Waals surface area (Å²) in [4.78, 5) is 50.5. The highest BCUT2D eigenvalue weighted by Crippen LogP contribution is 2.41. The third-order valence-corrected chi connectivity index (χ3v) is 12.5. The Bertz CT molecular complexity index is 1650. The topological polar surface area (TPSA) is 105 Å². The lowest BCUT2D eigenvalue weighted by Crippen LogP contribution is -2.29. The molecule has 0 amide bonds. The number of carbonyl (C=O) groups excluding carboxylic acids is 4. The minimum atomic E-state index is -0.656. The van der Waals surface area contributed by atoms with E-state index in [0.29, 0.717) is 32.5 Å². The lowest BCUT2D eigenvalue weighted by molar-refractivity contribution is -0.156. The van der Waals surface area contributed by atoms with Crippen LogP contribution < -0.4 is 0 Å². The van der Waals surface area contributed by atoms with Crippen LogP contribution in [-0.4, -0.2) is 50.3 Å². The van der Waals surface area contributed by atoms with Crippen LogP contribution in [0, 0.1) is 10.8 Å². The number of alkyl halides is 2. The normalized spacial score (nSPS) is 13.2. The van der Waals surface area contributed by atoms with Crippen LogP contribution in [0.4, 0.5) is 0 Å². The maximum Gasteiger partial charge on any atom is 0.317 e. The van der Waals surface area contributed by atoms with Crippen LogP contribution in [0.25, 0.3) is 0 Å². The quantitative estimate of drug-likeness (QED) is 0.0223. The second-order valence-corrected chi connectivity index (χ2v) is 18.9. The molecule has 3 rings (SSSR count). The maximum absolute atomic E-state index is 13.2. The van der Waals surface area contributed by atoms with Gasteiger partial charge in [-0.05, 0) is 127 Å². The molecule has 8 nitrogen and oxygen atoms in total. The predicted octanol–water partition coefficient (Wildman–Crippen LogP) is 12.7. The Hall–Kier alpha value is -3.50. The highest BCUT2D eigenvalue weighted by molar-refractivity contribution is 9.09. The average Bonchev–Trinajstić information content (AvgIpc) is 3.23. The summed E-state index contributed by atoms with van der Waals surface area (Å²) in [5.41, 5.74) is 2.47. The first-order chi connectivity index (χ1) is 28.3. The lowest BCUT2D eigenvalue weighted by atomic mass is 9.77. The van der Waals surface area contributed by atoms with Crippen molar-refractivity contribution in [3.8, 4) is 0 Å². The Kier molecular flexibility index (Phi) is 23.1. The molecule has 0 fully saturated rings. The molecule has 0 N–H and O–H groups in total. The van der Waals surface area contributed by atoms with E-state index in [0.717, 1.165) is 64.2 Å². The Morgan fingerprint density at radius 3 is 1.34 bits per heavy atom. The van der Waals surface area contributed by atoms with Crippen molar-refractivity contribution in [3.05, 3.63) is 108 Å². The van der Waals surface area contributed by atoms with Gasteiger partial charge in [-0.25, -0.2) is 0 Å². The summed E-state index contributed by atoms with van der Waals surface area (Å²) >= 11 is 7.64. The van der Waals surface area contributed by atoms with Gasteiger partial charge in [0.2, 0.25) is 0 Å². The summed E-state index contributed by atoms with van der Waals surface area (Å²) in [5.74, 6) is -1.39. The van der Waals surface area contributed by atoms with E-state index in [9.17, 15) is 19.2 Å². The first kappa shape index (κ1) is 49.9. The van der Waals surface area contributed by atoms with Crippen LogP contribution in [0.2, 0.25) is 0 Å². The van der Waals surface area contributed by atoms with Gasteiger partial charge in [0, 0.05) is 9.65 Å². The lowest BCUT2D eigenvalue weighted by Gasteiger charge is -2.29. The van der Waals surface area contributed by atoms with Crippen LogP contribution in [-0.2, 0) is 38.1 Å². The Morgan fingerprint density at radius 1 is 0.492 bits per heavy atom. The number of esters is 4. The summed E-state index contributed by atoms with van der Waals surface area (Å²) in [6.45, 7) is 8.97. The van der Waals surface area contributed by atoms with E-state index >= 15 is 0 Å². The number of carbonyl (C=O) groups is 4. The number of ether oxygens (including phenoxy) is 4. The van der Waals surface area contributed by atoms with Gasteiger partial charge in [-0.1, -0.05) is 129 Å². The Morgan fingerprint density at radius 2 is 0.881 bits per heavy atom. The van der Waals surface area contributed by atoms with E-state index in [1.165, 1.54) is 16.7 Å². The molecular weight excluding hydrogens is 876 g/mol. The van der Waals surface area contributed by atoms with E-state index < -0.39 is 29.2 Å². The third kappa shape index (κ3) is 20.1. The molecule has 59 heavy (non-hydrogen) atoms. The maximum atomic E-state index is 13.2. The minimum absolute atomic E-state index is 0.167. The number of unbranched alkanes of at least 4 members (excludes halogenated alkanes) is 6. The second-order valence-electron chi connectivity index (χ2n) is 16.7. The summed E-state index contributed by atoms with van der Waals surface area (Å²) in [5, 5.41) is 0. The summed E-state index contributed by atoms with van der Waals surface area (Å²) in [6.07, 6.45) is 9.83. The molecular formula is C49H66Br2O8. The fraction of sp³-hybridized carbons (Fsp3) is 0.551. The van der Waals surface area contributed by atoms with Crippen molar-refractivity contribution in [3.63, 3.8) is 0 Å². The number of benzene rings is 3. The average molecular weight is 943 g/mol. The molecule has 0 saturated carbocycles. The van der Waals surface area contributed by atoms with Crippen molar-refractivity contribution in [1.82, 2.24) is 0 Å². The van der Waals surface area contributed by atoms with Gasteiger partial charge in [0.25, 0.3) is 0 Å². The number of rotatable bonds is 29. The Balaban J connectivity index is 1.17. The second kappa shape index (κ2) is 27.4. The van der Waals surface area contributed by atoms with Crippen LogP contribution in [0.5, 0.6) is 0 Å². The molecule has 0 aliphatic heterocycles. The number of hydrogen-bond donors (Lipinski definition) is 0. The van der Waals surface area contributed by atoms with Gasteiger partial charge in [0.1, 0.15) is 6.42 Å². The third-order valence-electron chi connectivity index (χ3n) is 10.6. The number of halogens is 2. The zero-order valence-corrected chi connectivity index (χ0v) is 38.8. The van der Waals surface area contributed by atoms with Gasteiger partial charge in [-0.3, -0.25) is 19.2 Å². The molecule has 3 atom stereocenters. The molecule has 0 aliphatic carbocycles. The molecule has 0 radical (unpaired) electrons. The highest BCUT2D eigenvalue weighted by Gasteiger charge is 2.34. The largest absolute Gasteiger partial charge is 0.465 e. The molecule has 324 valence electrons. The van der Waals surface area contributed by atoms with Gasteiger partial charge in [0.15, 0.2) is 0 Å². The predicted molar refractivity (Wildman–Crippen MR) is 241 cm³/mol. The number of hydrogen-bond acceptors (Lipinski definition) is 8. The van der Waals surface area contributed by atoms with Crippen LogP contribution in [0.15, 0.2) is 91.0 Å². The molecule has 3 aromatic rings. The molecule has 0 aromatic heterocycles. The molecule has 0 aliphatic rings. The van der Waals surface area contributed by atoms with Gasteiger partial charge < -0.3 is 18.9 Å². The van der Waals surface area contributed by atoms with E-state index in [-0.39, 0.29) is 40.7 Å². The Labute approximate surface area is 370 Å². The van der Waals surface area contributed by atoms with Crippen LogP contribution in [0.1, 0.15) is 150 Å². The van der Waals surface area contributed by atoms with Crippen molar-refractivity contribution in [1.29, 1.82) is 0 Å². The van der Waals surface area contributed by atoms with Crippen molar-refractivity contribution >= 4 is 55.7 Å². The zero-order chi connectivity index (χ0) is 42.9. The van der Waals surface area contributed by atoms with Crippen molar-refractivity contribution in [2.75, 3.05) is 26.4 Å². The van der Waals surface area contributed by atoms with Crippen LogP contribution in [0.3, 0.4) is 0 Å². The molecule has 0 spiro atoms. The van der Waals surface area contributed by atoms with Crippen molar-refractivity contribution in [2.24, 2.45) is 10.8 Å². The fourth-order valence-electron chi connectivity index (χ4n) is 6.89. The van der Waals surface area contributed by atoms with Crippen LogP contribution >= 0.6 is 31.9 Å².